The van der Waals surface area contributed by atoms with Crippen LogP contribution in [0.4, 0.5) is 0 Å². The fraction of sp³-hybridized carbons (Fsp3) is 0.185. The zero-order chi connectivity index (χ0) is 25.2. The third-order valence-corrected chi connectivity index (χ3v) is 6.14. The summed E-state index contributed by atoms with van der Waals surface area (Å²) in [4.78, 5) is 26.3. The molecule has 0 spiro atoms. The molecule has 0 unspecified atom stereocenters. The zero-order valence-corrected chi connectivity index (χ0v) is 19.0. The molecule has 5 rings (SSSR count). The Bertz CT molecular complexity index is 1480. The third-order valence-electron chi connectivity index (χ3n) is 6.14. The number of amides is 1. The molecule has 0 saturated carbocycles. The van der Waals surface area contributed by atoms with Gasteiger partial charge in [-0.15, -0.1) is 0 Å². The second-order valence-corrected chi connectivity index (χ2v) is 8.45. The van der Waals surface area contributed by atoms with E-state index in [4.69, 9.17) is 13.9 Å². The fourth-order valence-corrected chi connectivity index (χ4v) is 4.23. The van der Waals surface area contributed by atoms with Gasteiger partial charge in [-0.25, -0.2) is 0 Å². The number of ether oxygens (including phenoxy) is 2. The lowest BCUT2D eigenvalue weighted by Gasteiger charge is -2.19. The highest BCUT2D eigenvalue weighted by Crippen LogP contribution is 2.42. The molecule has 0 saturated heterocycles. The van der Waals surface area contributed by atoms with E-state index < -0.39 is 17.9 Å². The number of nitrogens with one attached hydrogen (secondary N) is 1. The van der Waals surface area contributed by atoms with Crippen LogP contribution < -0.4 is 20.2 Å². The molecule has 1 aliphatic heterocycles. The number of carbonyl (C=O) groups excluding carboxylic acids is 1. The van der Waals surface area contributed by atoms with Crippen molar-refractivity contribution >= 4 is 16.9 Å². The van der Waals surface area contributed by atoms with Crippen molar-refractivity contribution in [3.05, 3.63) is 93.8 Å². The fourth-order valence-electron chi connectivity index (χ4n) is 4.23. The van der Waals surface area contributed by atoms with Crippen LogP contribution in [0.3, 0.4) is 0 Å². The SMILES string of the molecule is O=C(C[C@@H](c1cc2c(cc1O)OCO2)c1coc2ccccc2c1=O)NC[C@H](O)c1ccc(O)cc1. The summed E-state index contributed by atoms with van der Waals surface area (Å²) in [7, 11) is 0. The van der Waals surface area contributed by atoms with E-state index in [1.165, 1.54) is 24.5 Å². The molecule has 0 aliphatic carbocycles. The lowest BCUT2D eigenvalue weighted by atomic mass is 9.87. The average Bonchev–Trinajstić information content (AvgIpc) is 3.34. The van der Waals surface area contributed by atoms with Gasteiger partial charge in [0.25, 0.3) is 0 Å². The van der Waals surface area contributed by atoms with Crippen molar-refractivity contribution in [2.24, 2.45) is 0 Å². The zero-order valence-electron chi connectivity index (χ0n) is 19.0. The minimum atomic E-state index is -1.00. The summed E-state index contributed by atoms with van der Waals surface area (Å²) in [6, 6.07) is 15.7. The monoisotopic (exact) mass is 489 g/mol. The van der Waals surface area contributed by atoms with Crippen molar-refractivity contribution in [3.63, 3.8) is 0 Å². The summed E-state index contributed by atoms with van der Waals surface area (Å²) in [5.74, 6) is -0.666. The Balaban J connectivity index is 1.45. The molecule has 0 fully saturated rings. The lowest BCUT2D eigenvalue weighted by molar-refractivity contribution is -0.121. The molecule has 0 radical (unpaired) electrons. The third kappa shape index (κ3) is 4.56. The summed E-state index contributed by atoms with van der Waals surface area (Å²) in [6.45, 7) is -0.0909. The van der Waals surface area contributed by atoms with E-state index in [9.17, 15) is 24.9 Å². The summed E-state index contributed by atoms with van der Waals surface area (Å²) in [6.07, 6.45) is 0.0916. The number of para-hydroxylation sites is 1. The molecule has 2 atom stereocenters. The molecule has 9 heteroatoms. The van der Waals surface area contributed by atoms with E-state index in [0.29, 0.717) is 33.6 Å². The average molecular weight is 489 g/mol. The summed E-state index contributed by atoms with van der Waals surface area (Å²) in [5.41, 5.74) is 1.10. The Morgan fingerprint density at radius 1 is 0.972 bits per heavy atom. The molecule has 4 aromatic rings. The van der Waals surface area contributed by atoms with Crippen LogP contribution in [0.25, 0.3) is 11.0 Å². The van der Waals surface area contributed by atoms with Crippen molar-refractivity contribution in [3.8, 4) is 23.0 Å². The number of aliphatic hydroxyl groups excluding tert-OH is 1. The predicted molar refractivity (Wildman–Crippen MR) is 129 cm³/mol. The molecule has 184 valence electrons. The number of hydrogen-bond acceptors (Lipinski definition) is 8. The number of benzene rings is 3. The molecule has 0 bridgehead atoms. The van der Waals surface area contributed by atoms with E-state index in [1.807, 2.05) is 0 Å². The van der Waals surface area contributed by atoms with Crippen molar-refractivity contribution in [2.45, 2.75) is 18.4 Å². The maximum atomic E-state index is 13.4. The normalized spacial score (nSPS) is 13.9. The number of aromatic hydroxyl groups is 2. The summed E-state index contributed by atoms with van der Waals surface area (Å²) < 4.78 is 16.4. The Morgan fingerprint density at radius 2 is 1.69 bits per heavy atom. The second-order valence-electron chi connectivity index (χ2n) is 8.45. The van der Waals surface area contributed by atoms with Gasteiger partial charge in [-0.05, 0) is 35.9 Å². The van der Waals surface area contributed by atoms with Gasteiger partial charge in [-0.2, -0.15) is 0 Å². The van der Waals surface area contributed by atoms with E-state index >= 15 is 0 Å². The van der Waals surface area contributed by atoms with E-state index in [0.717, 1.165) is 0 Å². The van der Waals surface area contributed by atoms with Gasteiger partial charge in [0.15, 0.2) is 16.9 Å². The van der Waals surface area contributed by atoms with Gasteiger partial charge in [0, 0.05) is 36.1 Å². The van der Waals surface area contributed by atoms with Crippen LogP contribution in [0, 0.1) is 0 Å². The number of hydrogen-bond donors (Lipinski definition) is 4. The standard InChI is InChI=1S/C27H23NO8/c29-16-7-5-15(6-8-16)22(31)12-28-26(32)10-18(19-9-24-25(11-21(19)30)36-14-35-24)20-13-34-23-4-2-1-3-17(23)27(20)33/h1-9,11,13,18,22,29-31H,10,12,14H2,(H,28,32)/t18-,22-/m0/s1. The minimum Gasteiger partial charge on any atom is -0.508 e. The first-order valence-corrected chi connectivity index (χ1v) is 11.3. The van der Waals surface area contributed by atoms with Crippen molar-refractivity contribution in [1.82, 2.24) is 5.32 Å². The molecular formula is C27H23NO8. The highest BCUT2D eigenvalue weighted by Gasteiger charge is 2.28. The quantitative estimate of drug-likeness (QED) is 0.310. The molecule has 3 aromatic carbocycles. The van der Waals surface area contributed by atoms with Crippen LogP contribution in [0.1, 0.15) is 35.1 Å². The van der Waals surface area contributed by atoms with Gasteiger partial charge in [0.2, 0.25) is 12.7 Å². The molecule has 2 heterocycles. The van der Waals surface area contributed by atoms with Gasteiger partial charge in [0.05, 0.1) is 17.8 Å². The second kappa shape index (κ2) is 9.63. The van der Waals surface area contributed by atoms with Crippen LogP contribution in [0.15, 0.2) is 76.1 Å². The van der Waals surface area contributed by atoms with Gasteiger partial charge >= 0.3 is 0 Å². The number of aliphatic hydroxyl groups is 1. The largest absolute Gasteiger partial charge is 0.508 e. The molecule has 4 N–H and O–H groups in total. The number of rotatable bonds is 7. The smallest absolute Gasteiger partial charge is 0.231 e. The Labute approximate surface area is 205 Å². The topological polar surface area (TPSA) is 138 Å². The van der Waals surface area contributed by atoms with Crippen LogP contribution in [0.2, 0.25) is 0 Å². The Morgan fingerprint density at radius 3 is 2.47 bits per heavy atom. The maximum Gasteiger partial charge on any atom is 0.231 e. The van der Waals surface area contributed by atoms with Crippen LogP contribution >= 0.6 is 0 Å². The lowest BCUT2D eigenvalue weighted by Crippen LogP contribution is -2.30. The number of fused-ring (bicyclic) bond motifs is 2. The van der Waals surface area contributed by atoms with E-state index in [-0.39, 0.29) is 42.2 Å². The molecular weight excluding hydrogens is 466 g/mol. The van der Waals surface area contributed by atoms with Gasteiger partial charge < -0.3 is 34.5 Å². The first-order valence-electron chi connectivity index (χ1n) is 11.3. The first kappa shape index (κ1) is 23.3. The van der Waals surface area contributed by atoms with Crippen molar-refractivity contribution in [2.75, 3.05) is 13.3 Å². The van der Waals surface area contributed by atoms with Gasteiger partial charge in [-0.1, -0.05) is 24.3 Å². The first-order chi connectivity index (χ1) is 17.4. The Hall–Kier alpha value is -4.50. The molecule has 9 nitrogen and oxygen atoms in total. The predicted octanol–water partition coefficient (Wildman–Crippen LogP) is 3.30. The van der Waals surface area contributed by atoms with E-state index in [1.54, 1.807) is 42.5 Å². The maximum absolute atomic E-state index is 13.4. The minimum absolute atomic E-state index is 0.00333. The van der Waals surface area contributed by atoms with Crippen molar-refractivity contribution in [1.29, 1.82) is 0 Å². The highest BCUT2D eigenvalue weighted by molar-refractivity contribution is 5.80. The van der Waals surface area contributed by atoms with Crippen LogP contribution in [0.5, 0.6) is 23.0 Å². The summed E-state index contributed by atoms with van der Waals surface area (Å²) >= 11 is 0. The van der Waals surface area contributed by atoms with Crippen molar-refractivity contribution < 1.29 is 34.0 Å². The highest BCUT2D eigenvalue weighted by atomic mass is 16.7. The molecule has 36 heavy (non-hydrogen) atoms. The Kier molecular flexibility index (Phi) is 6.22. The van der Waals surface area contributed by atoms with Gasteiger partial charge in [0.1, 0.15) is 17.1 Å². The summed E-state index contributed by atoms with van der Waals surface area (Å²) in [5, 5.41) is 33.6. The van der Waals surface area contributed by atoms with E-state index in [2.05, 4.69) is 5.32 Å². The molecule has 1 amide bonds. The molecule has 1 aliphatic rings. The van der Waals surface area contributed by atoms with Crippen LogP contribution in [-0.2, 0) is 4.79 Å². The van der Waals surface area contributed by atoms with Gasteiger partial charge in [-0.3, -0.25) is 9.59 Å². The van der Waals surface area contributed by atoms with Crippen LogP contribution in [-0.4, -0.2) is 34.6 Å². The number of carbonyl (C=O) groups is 1. The molecule has 1 aromatic heterocycles. The number of phenols is 2. The number of phenolic OH excluding ortho intramolecular Hbond substituents is 2.